The first-order valence-electron chi connectivity index (χ1n) is 7.34. The van der Waals surface area contributed by atoms with Gasteiger partial charge in [-0.15, -0.1) is 0 Å². The number of nitrogens with one attached hydrogen (secondary N) is 1. The Labute approximate surface area is 126 Å². The van der Waals surface area contributed by atoms with Crippen molar-refractivity contribution >= 4 is 11.7 Å². The van der Waals surface area contributed by atoms with Crippen LogP contribution in [0.15, 0.2) is 30.3 Å². The number of carbonyl (C=O) groups is 1. The molecule has 1 aromatic rings. The number of esters is 1. The Kier molecular flexibility index (Phi) is 5.59. The van der Waals surface area contributed by atoms with E-state index in [1.54, 1.807) is 7.11 Å². The Hall–Kier alpha value is -1.59. The Bertz CT molecular complexity index is 442. The Morgan fingerprint density at radius 1 is 1.24 bits per heavy atom. The van der Waals surface area contributed by atoms with Gasteiger partial charge in [-0.2, -0.15) is 0 Å². The highest BCUT2D eigenvalue weighted by Crippen LogP contribution is 2.27. The van der Waals surface area contributed by atoms with Crippen LogP contribution in [0.3, 0.4) is 0 Å². The average Bonchev–Trinajstić information content (AvgIpc) is 2.55. The smallest absolute Gasteiger partial charge is 0.326 e. The fraction of sp³-hybridized carbons (Fsp3) is 0.562. The summed E-state index contributed by atoms with van der Waals surface area (Å²) >= 11 is 0. The standard InChI is InChI=1S/C16H24N2O3/c1-20-13-10-17-16(15(19)21-2)8-11-18(12-9-16)14-6-4-3-5-7-14/h3-7,17H,8-13H2,1-2H3. The molecule has 1 N–H and O–H groups in total. The summed E-state index contributed by atoms with van der Waals surface area (Å²) < 4.78 is 10.1. The third-order valence-electron chi connectivity index (χ3n) is 4.08. The highest BCUT2D eigenvalue weighted by molar-refractivity contribution is 5.81. The van der Waals surface area contributed by atoms with Crippen LogP contribution in [0.5, 0.6) is 0 Å². The number of carbonyl (C=O) groups excluding carboxylic acids is 1. The predicted molar refractivity (Wildman–Crippen MR) is 82.5 cm³/mol. The van der Waals surface area contributed by atoms with Crippen molar-refractivity contribution in [3.63, 3.8) is 0 Å². The first-order chi connectivity index (χ1) is 10.2. The van der Waals surface area contributed by atoms with Gasteiger partial charge in [-0.25, -0.2) is 0 Å². The van der Waals surface area contributed by atoms with E-state index in [4.69, 9.17) is 9.47 Å². The third kappa shape index (κ3) is 3.74. The molecule has 1 saturated heterocycles. The van der Waals surface area contributed by atoms with E-state index in [1.165, 1.54) is 12.8 Å². The van der Waals surface area contributed by atoms with Crippen LogP contribution in [0.25, 0.3) is 0 Å². The van der Waals surface area contributed by atoms with Crippen molar-refractivity contribution in [2.45, 2.75) is 18.4 Å². The highest BCUT2D eigenvalue weighted by atomic mass is 16.5. The molecule has 2 rings (SSSR count). The number of para-hydroxylation sites is 1. The van der Waals surface area contributed by atoms with Crippen LogP contribution in [0, 0.1) is 0 Å². The van der Waals surface area contributed by atoms with Crippen LogP contribution in [-0.4, -0.2) is 52.0 Å². The molecule has 0 atom stereocenters. The lowest BCUT2D eigenvalue weighted by molar-refractivity contribution is -0.149. The molecule has 1 aliphatic rings. The zero-order chi connectivity index (χ0) is 15.1. The van der Waals surface area contributed by atoms with Crippen LogP contribution in [0.4, 0.5) is 5.69 Å². The first-order valence-corrected chi connectivity index (χ1v) is 7.34. The second-order valence-electron chi connectivity index (χ2n) is 5.32. The summed E-state index contributed by atoms with van der Waals surface area (Å²) in [5.74, 6) is -0.175. The summed E-state index contributed by atoms with van der Waals surface area (Å²) in [6.45, 7) is 2.90. The monoisotopic (exact) mass is 292 g/mol. The van der Waals surface area contributed by atoms with Gasteiger partial charge in [0.25, 0.3) is 0 Å². The average molecular weight is 292 g/mol. The van der Waals surface area contributed by atoms with Gasteiger partial charge in [-0.05, 0) is 25.0 Å². The Morgan fingerprint density at radius 3 is 2.48 bits per heavy atom. The molecule has 116 valence electrons. The van der Waals surface area contributed by atoms with Crippen LogP contribution in [-0.2, 0) is 14.3 Å². The van der Waals surface area contributed by atoms with E-state index in [9.17, 15) is 4.79 Å². The van der Waals surface area contributed by atoms with Crippen molar-refractivity contribution in [2.75, 3.05) is 45.4 Å². The van der Waals surface area contributed by atoms with Crippen LogP contribution in [0.2, 0.25) is 0 Å². The lowest BCUT2D eigenvalue weighted by atomic mass is 9.87. The molecule has 5 heteroatoms. The molecule has 0 unspecified atom stereocenters. The number of anilines is 1. The molecule has 0 amide bonds. The van der Waals surface area contributed by atoms with E-state index in [1.807, 2.05) is 18.2 Å². The van der Waals surface area contributed by atoms with E-state index in [2.05, 4.69) is 22.3 Å². The minimum absolute atomic E-state index is 0.175. The Morgan fingerprint density at radius 2 is 1.90 bits per heavy atom. The molecule has 1 aromatic carbocycles. The molecule has 0 radical (unpaired) electrons. The minimum Gasteiger partial charge on any atom is -0.468 e. The van der Waals surface area contributed by atoms with Gasteiger partial charge in [0.15, 0.2) is 0 Å². The molecule has 1 fully saturated rings. The zero-order valence-corrected chi connectivity index (χ0v) is 12.8. The third-order valence-corrected chi connectivity index (χ3v) is 4.08. The zero-order valence-electron chi connectivity index (χ0n) is 12.8. The summed E-state index contributed by atoms with van der Waals surface area (Å²) in [6.07, 6.45) is 1.47. The van der Waals surface area contributed by atoms with Gasteiger partial charge < -0.3 is 14.4 Å². The van der Waals surface area contributed by atoms with Crippen molar-refractivity contribution in [2.24, 2.45) is 0 Å². The van der Waals surface area contributed by atoms with Crippen molar-refractivity contribution in [1.82, 2.24) is 5.32 Å². The molecule has 1 aliphatic heterocycles. The molecule has 0 bridgehead atoms. The topological polar surface area (TPSA) is 50.8 Å². The highest BCUT2D eigenvalue weighted by Gasteiger charge is 2.41. The number of piperidine rings is 1. The fourth-order valence-corrected chi connectivity index (χ4v) is 2.83. The van der Waals surface area contributed by atoms with Gasteiger partial charge in [0, 0.05) is 32.4 Å². The molecule has 0 spiro atoms. The number of hydrogen-bond donors (Lipinski definition) is 1. The summed E-state index contributed by atoms with van der Waals surface area (Å²) in [5, 5.41) is 3.33. The van der Waals surface area contributed by atoms with E-state index in [0.717, 1.165) is 25.9 Å². The largest absolute Gasteiger partial charge is 0.468 e. The fourth-order valence-electron chi connectivity index (χ4n) is 2.83. The molecule has 5 nitrogen and oxygen atoms in total. The lowest BCUT2D eigenvalue weighted by Crippen LogP contribution is -2.59. The lowest BCUT2D eigenvalue weighted by Gasteiger charge is -2.41. The number of ether oxygens (including phenoxy) is 2. The first kappa shape index (κ1) is 15.8. The van der Waals surface area contributed by atoms with Crippen LogP contribution < -0.4 is 10.2 Å². The molecular weight excluding hydrogens is 268 g/mol. The van der Waals surface area contributed by atoms with E-state index < -0.39 is 5.54 Å². The summed E-state index contributed by atoms with van der Waals surface area (Å²) in [7, 11) is 3.11. The number of methoxy groups -OCH3 is 2. The summed E-state index contributed by atoms with van der Waals surface area (Å²) in [5.41, 5.74) is 0.617. The number of nitrogens with zero attached hydrogens (tertiary/aromatic N) is 1. The van der Waals surface area contributed by atoms with E-state index in [0.29, 0.717) is 13.2 Å². The summed E-state index contributed by atoms with van der Waals surface area (Å²) in [6, 6.07) is 10.3. The summed E-state index contributed by atoms with van der Waals surface area (Å²) in [4.78, 5) is 14.5. The van der Waals surface area contributed by atoms with Crippen molar-refractivity contribution in [1.29, 1.82) is 0 Å². The molecule has 0 aliphatic carbocycles. The molecule has 21 heavy (non-hydrogen) atoms. The second kappa shape index (κ2) is 7.43. The number of rotatable bonds is 6. The van der Waals surface area contributed by atoms with E-state index in [-0.39, 0.29) is 5.97 Å². The van der Waals surface area contributed by atoms with Crippen molar-refractivity contribution < 1.29 is 14.3 Å². The van der Waals surface area contributed by atoms with Gasteiger partial charge in [-0.1, -0.05) is 18.2 Å². The van der Waals surface area contributed by atoms with Gasteiger partial charge in [-0.3, -0.25) is 10.1 Å². The molecule has 1 heterocycles. The maximum Gasteiger partial charge on any atom is 0.326 e. The van der Waals surface area contributed by atoms with Crippen LogP contribution in [0.1, 0.15) is 12.8 Å². The minimum atomic E-state index is -0.585. The normalized spacial score (nSPS) is 17.5. The second-order valence-corrected chi connectivity index (χ2v) is 5.32. The van der Waals surface area contributed by atoms with Crippen molar-refractivity contribution in [3.8, 4) is 0 Å². The van der Waals surface area contributed by atoms with Crippen molar-refractivity contribution in [3.05, 3.63) is 30.3 Å². The van der Waals surface area contributed by atoms with Gasteiger partial charge >= 0.3 is 5.97 Å². The van der Waals surface area contributed by atoms with E-state index >= 15 is 0 Å². The molecule has 0 aromatic heterocycles. The quantitative estimate of drug-likeness (QED) is 0.635. The maximum atomic E-state index is 12.2. The van der Waals surface area contributed by atoms with Gasteiger partial charge in [0.1, 0.15) is 5.54 Å². The predicted octanol–water partition coefficient (Wildman–Crippen LogP) is 1.43. The number of benzene rings is 1. The number of hydrogen-bond acceptors (Lipinski definition) is 5. The molecule has 0 saturated carbocycles. The Balaban J connectivity index is 2.01. The molecular formula is C16H24N2O3. The van der Waals surface area contributed by atoms with Crippen LogP contribution >= 0.6 is 0 Å². The SMILES string of the molecule is COCCNC1(C(=O)OC)CCN(c2ccccc2)CC1. The van der Waals surface area contributed by atoms with Gasteiger partial charge in [0.05, 0.1) is 13.7 Å². The maximum absolute atomic E-state index is 12.2. The van der Waals surface area contributed by atoms with Gasteiger partial charge in [0.2, 0.25) is 0 Å².